The number of anilines is 1. The molecule has 0 spiro atoms. The second kappa shape index (κ2) is 5.68. The molecule has 0 bridgehead atoms. The van der Waals surface area contributed by atoms with E-state index in [-0.39, 0.29) is 0 Å². The van der Waals surface area contributed by atoms with Crippen LogP contribution in [0.15, 0.2) is 18.3 Å². The molecule has 1 unspecified atom stereocenters. The van der Waals surface area contributed by atoms with E-state index in [1.165, 1.54) is 6.26 Å². The van der Waals surface area contributed by atoms with Crippen LogP contribution in [-0.4, -0.2) is 48.2 Å². The quantitative estimate of drug-likeness (QED) is 0.900. The third-order valence-electron chi connectivity index (χ3n) is 3.13. The summed E-state index contributed by atoms with van der Waals surface area (Å²) < 4.78 is 23.6. The summed E-state index contributed by atoms with van der Waals surface area (Å²) >= 11 is 1.65. The first kappa shape index (κ1) is 14.6. The molecule has 1 fully saturated rings. The number of aliphatic hydroxyl groups excluding tert-OH is 1. The predicted octanol–water partition coefficient (Wildman–Crippen LogP) is 1.06. The van der Waals surface area contributed by atoms with Gasteiger partial charge in [-0.1, -0.05) is 6.07 Å². The van der Waals surface area contributed by atoms with Crippen LogP contribution < -0.4 is 4.90 Å². The number of hydrogen-bond acceptors (Lipinski definition) is 6. The largest absolute Gasteiger partial charge is 0.389 e. The summed E-state index contributed by atoms with van der Waals surface area (Å²) in [4.78, 5) is 6.11. The first-order valence-corrected chi connectivity index (χ1v) is 9.18. The van der Waals surface area contributed by atoms with Gasteiger partial charge in [0.05, 0.1) is 6.10 Å². The van der Waals surface area contributed by atoms with Crippen molar-refractivity contribution in [1.82, 2.24) is 4.98 Å². The highest BCUT2D eigenvalue weighted by Gasteiger charge is 2.31. The van der Waals surface area contributed by atoms with E-state index in [1.807, 2.05) is 4.90 Å². The zero-order chi connectivity index (χ0) is 14.0. The highest BCUT2D eigenvalue weighted by Crippen LogP contribution is 2.26. The van der Waals surface area contributed by atoms with Crippen LogP contribution in [0.3, 0.4) is 0 Å². The van der Waals surface area contributed by atoms with Crippen molar-refractivity contribution in [3.05, 3.63) is 23.9 Å². The number of rotatable bonds is 3. The van der Waals surface area contributed by atoms with Gasteiger partial charge < -0.3 is 10.0 Å². The molecule has 7 heteroatoms. The van der Waals surface area contributed by atoms with Gasteiger partial charge in [-0.2, -0.15) is 11.8 Å². The minimum Gasteiger partial charge on any atom is -0.389 e. The fourth-order valence-corrected chi connectivity index (χ4v) is 4.84. The van der Waals surface area contributed by atoms with Gasteiger partial charge in [-0.25, -0.2) is 13.4 Å². The van der Waals surface area contributed by atoms with Crippen molar-refractivity contribution in [1.29, 1.82) is 0 Å². The molecule has 2 atom stereocenters. The Morgan fingerprint density at radius 3 is 2.79 bits per heavy atom. The van der Waals surface area contributed by atoms with E-state index < -0.39 is 21.3 Å². The molecule has 19 heavy (non-hydrogen) atoms. The average molecular weight is 302 g/mol. The van der Waals surface area contributed by atoms with Crippen LogP contribution in [0.2, 0.25) is 0 Å². The molecule has 1 aromatic heterocycles. The van der Waals surface area contributed by atoms with Crippen LogP contribution >= 0.6 is 11.8 Å². The zero-order valence-corrected chi connectivity index (χ0v) is 12.6. The molecular formula is C12H18N2O3S2. The number of thioether (sulfide) groups is 1. The number of aromatic nitrogens is 1. The van der Waals surface area contributed by atoms with E-state index in [2.05, 4.69) is 4.98 Å². The van der Waals surface area contributed by atoms with Gasteiger partial charge in [0.15, 0.2) is 9.84 Å². The van der Waals surface area contributed by atoms with Crippen LogP contribution in [0.4, 0.5) is 5.82 Å². The molecule has 1 saturated heterocycles. The Labute approximate surface area is 118 Å². The SMILES string of the molecule is C[C@H](O)c1ccc(N2CCSCC2S(C)(=O)=O)nc1. The lowest BCUT2D eigenvalue weighted by molar-refractivity contribution is 0.199. The van der Waals surface area contributed by atoms with E-state index in [1.54, 1.807) is 37.0 Å². The smallest absolute Gasteiger partial charge is 0.169 e. The van der Waals surface area contributed by atoms with Gasteiger partial charge in [-0.05, 0) is 18.6 Å². The van der Waals surface area contributed by atoms with Crippen molar-refractivity contribution < 1.29 is 13.5 Å². The summed E-state index contributed by atoms with van der Waals surface area (Å²) in [7, 11) is -3.13. The zero-order valence-electron chi connectivity index (χ0n) is 11.0. The number of nitrogens with zero attached hydrogens (tertiary/aromatic N) is 2. The van der Waals surface area contributed by atoms with Gasteiger partial charge in [0.25, 0.3) is 0 Å². The molecule has 106 valence electrons. The van der Waals surface area contributed by atoms with Crippen molar-refractivity contribution in [2.24, 2.45) is 0 Å². The summed E-state index contributed by atoms with van der Waals surface area (Å²) in [5, 5.41) is 8.94. The maximum atomic E-state index is 11.8. The topological polar surface area (TPSA) is 70.5 Å². The summed E-state index contributed by atoms with van der Waals surface area (Å²) in [6.45, 7) is 2.34. The molecule has 2 rings (SSSR count). The number of aliphatic hydroxyl groups is 1. The average Bonchev–Trinajstić information content (AvgIpc) is 2.38. The van der Waals surface area contributed by atoms with Crippen molar-refractivity contribution in [2.75, 3.05) is 29.2 Å². The minimum atomic E-state index is -3.13. The third-order valence-corrected chi connectivity index (χ3v) is 5.77. The first-order valence-electron chi connectivity index (χ1n) is 6.07. The molecule has 1 aromatic rings. The Hall–Kier alpha value is -0.790. The van der Waals surface area contributed by atoms with Gasteiger partial charge >= 0.3 is 0 Å². The lowest BCUT2D eigenvalue weighted by atomic mass is 10.2. The molecular weight excluding hydrogens is 284 g/mol. The van der Waals surface area contributed by atoms with E-state index >= 15 is 0 Å². The van der Waals surface area contributed by atoms with Crippen LogP contribution in [0.5, 0.6) is 0 Å². The monoisotopic (exact) mass is 302 g/mol. The Morgan fingerprint density at radius 2 is 2.26 bits per heavy atom. The summed E-state index contributed by atoms with van der Waals surface area (Å²) in [5.74, 6) is 2.12. The fourth-order valence-electron chi connectivity index (χ4n) is 2.01. The fraction of sp³-hybridized carbons (Fsp3) is 0.583. The summed E-state index contributed by atoms with van der Waals surface area (Å²) in [5.41, 5.74) is 0.728. The van der Waals surface area contributed by atoms with E-state index in [0.29, 0.717) is 18.1 Å². The van der Waals surface area contributed by atoms with E-state index in [0.717, 1.165) is 11.3 Å². The Kier molecular flexibility index (Phi) is 4.37. The standard InChI is InChI=1S/C12H18N2O3S2/c1-9(15)10-3-4-11(13-7-10)14-5-6-18-8-12(14)19(2,16)17/h3-4,7,9,12,15H,5-6,8H2,1-2H3/t9-,12?/m0/s1. The highest BCUT2D eigenvalue weighted by molar-refractivity contribution is 8.01. The van der Waals surface area contributed by atoms with Gasteiger partial charge in [0.1, 0.15) is 11.2 Å². The van der Waals surface area contributed by atoms with E-state index in [9.17, 15) is 13.5 Å². The summed E-state index contributed by atoms with van der Waals surface area (Å²) in [6.07, 6.45) is 2.30. The number of pyridine rings is 1. The Balaban J connectivity index is 2.27. The summed E-state index contributed by atoms with van der Waals surface area (Å²) in [6, 6.07) is 3.56. The normalized spacial score (nSPS) is 22.3. The van der Waals surface area contributed by atoms with Crippen LogP contribution in [0.1, 0.15) is 18.6 Å². The molecule has 0 aliphatic carbocycles. The molecule has 0 radical (unpaired) electrons. The molecule has 0 saturated carbocycles. The lowest BCUT2D eigenvalue weighted by Crippen LogP contribution is -2.47. The molecule has 1 aliphatic rings. The van der Waals surface area contributed by atoms with Gasteiger partial charge in [0.2, 0.25) is 0 Å². The van der Waals surface area contributed by atoms with Crippen molar-refractivity contribution >= 4 is 27.4 Å². The van der Waals surface area contributed by atoms with Crippen LogP contribution in [-0.2, 0) is 9.84 Å². The maximum absolute atomic E-state index is 11.8. The van der Waals surface area contributed by atoms with Crippen molar-refractivity contribution in [3.8, 4) is 0 Å². The lowest BCUT2D eigenvalue weighted by Gasteiger charge is -2.35. The second-order valence-corrected chi connectivity index (χ2v) is 8.03. The van der Waals surface area contributed by atoms with Crippen LogP contribution in [0.25, 0.3) is 0 Å². The first-order chi connectivity index (χ1) is 8.89. The van der Waals surface area contributed by atoms with Gasteiger partial charge in [0, 0.05) is 30.5 Å². The van der Waals surface area contributed by atoms with E-state index in [4.69, 9.17) is 0 Å². The minimum absolute atomic E-state index is 0.517. The maximum Gasteiger partial charge on any atom is 0.169 e. The molecule has 0 amide bonds. The Morgan fingerprint density at radius 1 is 1.53 bits per heavy atom. The van der Waals surface area contributed by atoms with Crippen molar-refractivity contribution in [2.45, 2.75) is 18.4 Å². The molecule has 5 nitrogen and oxygen atoms in total. The van der Waals surface area contributed by atoms with Gasteiger partial charge in [-0.15, -0.1) is 0 Å². The molecule has 1 N–H and O–H groups in total. The van der Waals surface area contributed by atoms with Crippen LogP contribution in [0, 0.1) is 0 Å². The van der Waals surface area contributed by atoms with Crippen molar-refractivity contribution in [3.63, 3.8) is 0 Å². The van der Waals surface area contributed by atoms with Gasteiger partial charge in [-0.3, -0.25) is 0 Å². The molecule has 1 aliphatic heterocycles. The molecule has 0 aromatic carbocycles. The Bertz CT molecular complexity index is 528. The highest BCUT2D eigenvalue weighted by atomic mass is 32.2. The third kappa shape index (κ3) is 3.40. The predicted molar refractivity (Wildman–Crippen MR) is 78.2 cm³/mol. The number of hydrogen-bond donors (Lipinski definition) is 1. The molecule has 2 heterocycles. The second-order valence-electron chi connectivity index (χ2n) is 4.68. The number of sulfone groups is 1.